The first-order valence-electron chi connectivity index (χ1n) is 5.86. The van der Waals surface area contributed by atoms with Crippen molar-refractivity contribution in [2.45, 2.75) is 6.42 Å². The molecule has 0 saturated carbocycles. The SMILES string of the molecule is N#CCC(=O)N1CCN(c2ccccc2Cl)CC1. The lowest BCUT2D eigenvalue weighted by Gasteiger charge is -2.36. The maximum absolute atomic E-state index is 11.6. The number of para-hydroxylation sites is 1. The molecule has 0 atom stereocenters. The van der Waals surface area contributed by atoms with Crippen LogP contribution in [0.1, 0.15) is 6.42 Å². The van der Waals surface area contributed by atoms with E-state index in [1.807, 2.05) is 30.3 Å². The average molecular weight is 264 g/mol. The Morgan fingerprint density at radius 1 is 1.28 bits per heavy atom. The molecule has 18 heavy (non-hydrogen) atoms. The Hall–Kier alpha value is -1.73. The van der Waals surface area contributed by atoms with E-state index in [0.29, 0.717) is 13.1 Å². The lowest BCUT2D eigenvalue weighted by Crippen LogP contribution is -2.48. The van der Waals surface area contributed by atoms with Crippen LogP contribution in [0.15, 0.2) is 24.3 Å². The molecule has 2 rings (SSSR count). The van der Waals surface area contributed by atoms with Gasteiger partial charge >= 0.3 is 0 Å². The molecule has 4 nitrogen and oxygen atoms in total. The molecule has 1 amide bonds. The highest BCUT2D eigenvalue weighted by atomic mass is 35.5. The molecule has 94 valence electrons. The molecule has 0 N–H and O–H groups in total. The second-order valence-corrected chi connectivity index (χ2v) is 4.56. The van der Waals surface area contributed by atoms with Crippen molar-refractivity contribution in [2.24, 2.45) is 0 Å². The number of rotatable bonds is 2. The highest BCUT2D eigenvalue weighted by Crippen LogP contribution is 2.25. The van der Waals surface area contributed by atoms with E-state index in [4.69, 9.17) is 16.9 Å². The zero-order valence-corrected chi connectivity index (χ0v) is 10.7. The standard InChI is InChI=1S/C13H14ClN3O/c14-11-3-1-2-4-12(11)16-7-9-17(10-8-16)13(18)5-6-15/h1-4H,5,7-10H2. The smallest absolute Gasteiger partial charge is 0.236 e. The van der Waals surface area contributed by atoms with Crippen molar-refractivity contribution >= 4 is 23.2 Å². The van der Waals surface area contributed by atoms with Gasteiger partial charge in [-0.1, -0.05) is 23.7 Å². The van der Waals surface area contributed by atoms with E-state index in [1.165, 1.54) is 0 Å². The van der Waals surface area contributed by atoms with E-state index in [1.54, 1.807) is 4.90 Å². The van der Waals surface area contributed by atoms with Crippen LogP contribution in [0.2, 0.25) is 5.02 Å². The van der Waals surface area contributed by atoms with E-state index < -0.39 is 0 Å². The van der Waals surface area contributed by atoms with Gasteiger partial charge in [0.05, 0.1) is 16.8 Å². The summed E-state index contributed by atoms with van der Waals surface area (Å²) in [4.78, 5) is 15.5. The van der Waals surface area contributed by atoms with Crippen molar-refractivity contribution < 1.29 is 4.79 Å². The first-order valence-corrected chi connectivity index (χ1v) is 6.24. The fraction of sp³-hybridized carbons (Fsp3) is 0.385. The topological polar surface area (TPSA) is 47.3 Å². The zero-order valence-electron chi connectivity index (χ0n) is 9.97. The molecule has 1 heterocycles. The average Bonchev–Trinajstić information content (AvgIpc) is 2.40. The van der Waals surface area contributed by atoms with Crippen LogP contribution in [0.3, 0.4) is 0 Å². The number of carbonyl (C=O) groups excluding carboxylic acids is 1. The van der Waals surface area contributed by atoms with Gasteiger partial charge in [-0.3, -0.25) is 4.79 Å². The highest BCUT2D eigenvalue weighted by molar-refractivity contribution is 6.33. The summed E-state index contributed by atoms with van der Waals surface area (Å²) in [6, 6.07) is 9.59. The molecule has 0 aromatic heterocycles. The number of nitrogens with zero attached hydrogens (tertiary/aromatic N) is 3. The minimum atomic E-state index is -0.0868. The van der Waals surface area contributed by atoms with Crippen LogP contribution in [-0.4, -0.2) is 37.0 Å². The molecule has 0 unspecified atom stereocenters. The number of amides is 1. The van der Waals surface area contributed by atoms with Gasteiger partial charge < -0.3 is 9.80 Å². The van der Waals surface area contributed by atoms with Gasteiger partial charge in [-0.05, 0) is 12.1 Å². The van der Waals surface area contributed by atoms with Gasteiger partial charge in [0.15, 0.2) is 0 Å². The predicted octanol–water partition coefficient (Wildman–Crippen LogP) is 1.90. The molecular formula is C13H14ClN3O. The number of hydrogen-bond acceptors (Lipinski definition) is 3. The summed E-state index contributed by atoms with van der Waals surface area (Å²) in [5, 5.41) is 9.24. The molecule has 5 heteroatoms. The number of piperazine rings is 1. The third kappa shape index (κ3) is 2.74. The Balaban J connectivity index is 1.97. The van der Waals surface area contributed by atoms with E-state index in [9.17, 15) is 4.79 Å². The number of benzene rings is 1. The first kappa shape index (κ1) is 12.7. The Labute approximate surface area is 111 Å². The third-order valence-corrected chi connectivity index (χ3v) is 3.38. The molecule has 1 aromatic carbocycles. The third-order valence-electron chi connectivity index (χ3n) is 3.06. The summed E-state index contributed by atoms with van der Waals surface area (Å²) in [5.41, 5.74) is 1.01. The summed E-state index contributed by atoms with van der Waals surface area (Å²) in [7, 11) is 0. The summed E-state index contributed by atoms with van der Waals surface area (Å²) in [6.07, 6.45) is -0.0356. The molecule has 1 aliphatic heterocycles. The highest BCUT2D eigenvalue weighted by Gasteiger charge is 2.21. The van der Waals surface area contributed by atoms with Crippen molar-refractivity contribution in [1.29, 1.82) is 5.26 Å². The fourth-order valence-corrected chi connectivity index (χ4v) is 2.34. The molecule has 1 fully saturated rings. The lowest BCUT2D eigenvalue weighted by molar-refractivity contribution is -0.130. The van der Waals surface area contributed by atoms with Crippen LogP contribution in [0.4, 0.5) is 5.69 Å². The van der Waals surface area contributed by atoms with Gasteiger partial charge in [0, 0.05) is 26.2 Å². The van der Waals surface area contributed by atoms with Gasteiger partial charge in [0.1, 0.15) is 6.42 Å². The number of anilines is 1. The van der Waals surface area contributed by atoms with E-state index in [0.717, 1.165) is 23.8 Å². The summed E-state index contributed by atoms with van der Waals surface area (Å²) >= 11 is 6.14. The fourth-order valence-electron chi connectivity index (χ4n) is 2.08. The minimum Gasteiger partial charge on any atom is -0.367 e. The molecule has 0 spiro atoms. The Kier molecular flexibility index (Phi) is 4.06. The molecule has 0 aliphatic carbocycles. The van der Waals surface area contributed by atoms with Crippen LogP contribution >= 0.6 is 11.6 Å². The van der Waals surface area contributed by atoms with Gasteiger partial charge in [-0.15, -0.1) is 0 Å². The summed E-state index contributed by atoms with van der Waals surface area (Å²) in [6.45, 7) is 2.79. The number of nitriles is 1. The Bertz CT molecular complexity index is 475. The van der Waals surface area contributed by atoms with Crippen LogP contribution in [0.25, 0.3) is 0 Å². The molecule has 1 aliphatic rings. The van der Waals surface area contributed by atoms with Crippen molar-refractivity contribution in [3.63, 3.8) is 0 Å². The number of carbonyl (C=O) groups is 1. The molecule has 0 bridgehead atoms. The van der Waals surface area contributed by atoms with Crippen LogP contribution in [0.5, 0.6) is 0 Å². The second-order valence-electron chi connectivity index (χ2n) is 4.15. The number of hydrogen-bond donors (Lipinski definition) is 0. The number of halogens is 1. The van der Waals surface area contributed by atoms with Gasteiger partial charge in [0.2, 0.25) is 5.91 Å². The largest absolute Gasteiger partial charge is 0.367 e. The van der Waals surface area contributed by atoms with Crippen molar-refractivity contribution in [3.05, 3.63) is 29.3 Å². The van der Waals surface area contributed by atoms with Crippen LogP contribution < -0.4 is 4.90 Å². The predicted molar refractivity (Wildman–Crippen MR) is 70.5 cm³/mol. The van der Waals surface area contributed by atoms with Crippen LogP contribution in [-0.2, 0) is 4.79 Å². The van der Waals surface area contributed by atoms with Gasteiger partial charge in [-0.25, -0.2) is 0 Å². The molecule has 1 saturated heterocycles. The van der Waals surface area contributed by atoms with Gasteiger partial charge in [0.25, 0.3) is 0 Å². The minimum absolute atomic E-state index is 0.0356. The van der Waals surface area contributed by atoms with Gasteiger partial charge in [-0.2, -0.15) is 5.26 Å². The molecular weight excluding hydrogens is 250 g/mol. The van der Waals surface area contributed by atoms with Crippen LogP contribution in [0, 0.1) is 11.3 Å². The van der Waals surface area contributed by atoms with Crippen molar-refractivity contribution in [1.82, 2.24) is 4.90 Å². The lowest BCUT2D eigenvalue weighted by atomic mass is 10.2. The molecule has 1 aromatic rings. The van der Waals surface area contributed by atoms with Crippen molar-refractivity contribution in [2.75, 3.05) is 31.1 Å². The maximum Gasteiger partial charge on any atom is 0.236 e. The summed E-state index contributed by atoms with van der Waals surface area (Å²) in [5.74, 6) is -0.0868. The maximum atomic E-state index is 11.6. The monoisotopic (exact) mass is 263 g/mol. The Morgan fingerprint density at radius 3 is 2.56 bits per heavy atom. The van der Waals surface area contributed by atoms with Crippen molar-refractivity contribution in [3.8, 4) is 6.07 Å². The van der Waals surface area contributed by atoms with E-state index in [-0.39, 0.29) is 12.3 Å². The Morgan fingerprint density at radius 2 is 1.94 bits per heavy atom. The first-order chi connectivity index (χ1) is 8.72. The second kappa shape index (κ2) is 5.74. The zero-order chi connectivity index (χ0) is 13.0. The summed E-state index contributed by atoms with van der Waals surface area (Å²) < 4.78 is 0. The quantitative estimate of drug-likeness (QED) is 0.819. The normalized spacial score (nSPS) is 15.3. The van der Waals surface area contributed by atoms with E-state index in [2.05, 4.69) is 4.90 Å². The molecule has 0 radical (unpaired) electrons. The van der Waals surface area contributed by atoms with E-state index >= 15 is 0 Å².